The smallest absolute Gasteiger partial charge is 0.258 e. The number of carbonyl (C=O) groups excluding carboxylic acids is 1. The highest BCUT2D eigenvalue weighted by atomic mass is 16.5. The lowest BCUT2D eigenvalue weighted by Gasteiger charge is -2.25. The normalized spacial score (nSPS) is 12.0. The van der Waals surface area contributed by atoms with Gasteiger partial charge in [0.1, 0.15) is 5.75 Å². The van der Waals surface area contributed by atoms with Crippen LogP contribution in [0.3, 0.4) is 0 Å². The highest BCUT2D eigenvalue weighted by Gasteiger charge is 2.15. The quantitative estimate of drug-likeness (QED) is 0.850. The van der Waals surface area contributed by atoms with Crippen molar-refractivity contribution in [1.82, 2.24) is 10.2 Å². The first-order valence-electron chi connectivity index (χ1n) is 8.15. The number of likely N-dealkylation sites (N-methyl/N-ethyl adjacent to an activating group) is 1. The zero-order valence-electron chi connectivity index (χ0n) is 14.9. The van der Waals surface area contributed by atoms with Gasteiger partial charge in [0.25, 0.3) is 5.91 Å². The van der Waals surface area contributed by atoms with E-state index in [1.165, 1.54) is 16.7 Å². The summed E-state index contributed by atoms with van der Waals surface area (Å²) in [5.74, 6) is 0.591. The van der Waals surface area contributed by atoms with Crippen molar-refractivity contribution in [2.24, 2.45) is 0 Å². The molecule has 1 atom stereocenters. The van der Waals surface area contributed by atoms with E-state index in [2.05, 4.69) is 41.4 Å². The molecule has 0 bridgehead atoms. The maximum absolute atomic E-state index is 12.0. The summed E-state index contributed by atoms with van der Waals surface area (Å²) >= 11 is 0. The minimum Gasteiger partial charge on any atom is -0.484 e. The fourth-order valence-electron chi connectivity index (χ4n) is 2.43. The molecule has 0 unspecified atom stereocenters. The van der Waals surface area contributed by atoms with Crippen LogP contribution < -0.4 is 10.1 Å². The molecule has 0 fully saturated rings. The summed E-state index contributed by atoms with van der Waals surface area (Å²) in [7, 11) is 4.03. The van der Waals surface area contributed by atoms with Gasteiger partial charge >= 0.3 is 0 Å². The van der Waals surface area contributed by atoms with Crippen molar-refractivity contribution in [3.63, 3.8) is 0 Å². The van der Waals surface area contributed by atoms with Crippen LogP contribution in [0.1, 0.15) is 22.7 Å². The van der Waals surface area contributed by atoms with Gasteiger partial charge in [0.2, 0.25) is 0 Å². The van der Waals surface area contributed by atoms with E-state index in [0.717, 1.165) is 0 Å². The zero-order valence-corrected chi connectivity index (χ0v) is 14.9. The second-order valence-electron chi connectivity index (χ2n) is 6.30. The lowest BCUT2D eigenvalue weighted by Crippen LogP contribution is -2.36. The first-order chi connectivity index (χ1) is 11.5. The third kappa shape index (κ3) is 5.39. The molecule has 1 amide bonds. The van der Waals surface area contributed by atoms with E-state index in [9.17, 15) is 4.79 Å². The fraction of sp³-hybridized carbons (Fsp3) is 0.350. The SMILES string of the molecule is Cc1ccc(OCC(=O)NC[C@H](c2ccc(C)cc2)N(C)C)cc1. The number of hydrogen-bond donors (Lipinski definition) is 1. The van der Waals surface area contributed by atoms with Crippen molar-refractivity contribution in [3.8, 4) is 5.75 Å². The Kier molecular flexibility index (Phi) is 6.38. The van der Waals surface area contributed by atoms with Crippen molar-refractivity contribution in [1.29, 1.82) is 0 Å². The molecule has 0 saturated carbocycles. The van der Waals surface area contributed by atoms with Crippen LogP contribution in [-0.4, -0.2) is 38.1 Å². The number of benzene rings is 2. The third-order valence-electron chi connectivity index (χ3n) is 3.97. The Balaban J connectivity index is 1.86. The molecule has 0 saturated heterocycles. The van der Waals surface area contributed by atoms with Crippen LogP contribution in [0.25, 0.3) is 0 Å². The molecule has 24 heavy (non-hydrogen) atoms. The molecule has 128 valence electrons. The average molecular weight is 326 g/mol. The number of carbonyl (C=O) groups is 1. The molecule has 0 radical (unpaired) electrons. The van der Waals surface area contributed by atoms with Gasteiger partial charge in [-0.15, -0.1) is 0 Å². The third-order valence-corrected chi connectivity index (χ3v) is 3.97. The molecule has 2 aromatic rings. The Morgan fingerprint density at radius 2 is 1.54 bits per heavy atom. The molecule has 0 spiro atoms. The van der Waals surface area contributed by atoms with E-state index in [1.54, 1.807) is 0 Å². The number of rotatable bonds is 7. The number of ether oxygens (including phenoxy) is 1. The molecule has 4 heteroatoms. The number of aryl methyl sites for hydroxylation is 2. The Bertz CT molecular complexity index is 648. The molecule has 4 nitrogen and oxygen atoms in total. The number of hydrogen-bond acceptors (Lipinski definition) is 3. The summed E-state index contributed by atoms with van der Waals surface area (Å²) in [6.45, 7) is 4.66. The maximum Gasteiger partial charge on any atom is 0.258 e. The zero-order chi connectivity index (χ0) is 17.5. The van der Waals surface area contributed by atoms with Crippen molar-refractivity contribution >= 4 is 5.91 Å². The van der Waals surface area contributed by atoms with Gasteiger partial charge < -0.3 is 15.0 Å². The number of nitrogens with zero attached hydrogens (tertiary/aromatic N) is 1. The van der Waals surface area contributed by atoms with Crippen LogP contribution in [0, 0.1) is 13.8 Å². The highest BCUT2D eigenvalue weighted by molar-refractivity contribution is 5.77. The van der Waals surface area contributed by atoms with E-state index in [4.69, 9.17) is 4.74 Å². The first kappa shape index (κ1) is 18.0. The van der Waals surface area contributed by atoms with Crippen molar-refractivity contribution in [2.45, 2.75) is 19.9 Å². The molecular formula is C20H26N2O2. The van der Waals surface area contributed by atoms with Gasteiger partial charge in [-0.2, -0.15) is 0 Å². The Morgan fingerprint density at radius 1 is 1.00 bits per heavy atom. The molecule has 0 aliphatic heterocycles. The number of amides is 1. The maximum atomic E-state index is 12.0. The van der Waals surface area contributed by atoms with E-state index >= 15 is 0 Å². The van der Waals surface area contributed by atoms with Gasteiger partial charge in [0.15, 0.2) is 6.61 Å². The largest absolute Gasteiger partial charge is 0.484 e. The second-order valence-corrected chi connectivity index (χ2v) is 6.30. The van der Waals surface area contributed by atoms with E-state index in [-0.39, 0.29) is 18.6 Å². The monoisotopic (exact) mass is 326 g/mol. The molecule has 1 N–H and O–H groups in total. The molecule has 0 aromatic heterocycles. The van der Waals surface area contributed by atoms with E-state index in [1.807, 2.05) is 45.3 Å². The summed E-state index contributed by atoms with van der Waals surface area (Å²) < 4.78 is 5.51. The molecule has 2 aromatic carbocycles. The molecule has 0 aliphatic carbocycles. The van der Waals surface area contributed by atoms with Crippen LogP contribution in [0.15, 0.2) is 48.5 Å². The molecule has 0 heterocycles. The fourth-order valence-corrected chi connectivity index (χ4v) is 2.43. The van der Waals surface area contributed by atoms with Gasteiger partial charge in [0.05, 0.1) is 6.04 Å². The average Bonchev–Trinajstić information content (AvgIpc) is 2.56. The van der Waals surface area contributed by atoms with Crippen molar-refractivity contribution in [2.75, 3.05) is 27.2 Å². The van der Waals surface area contributed by atoms with Gasteiger partial charge in [-0.3, -0.25) is 4.79 Å². The van der Waals surface area contributed by atoms with Gasteiger partial charge in [-0.1, -0.05) is 47.5 Å². The van der Waals surface area contributed by atoms with Crippen LogP contribution in [-0.2, 0) is 4.79 Å². The van der Waals surface area contributed by atoms with E-state index < -0.39 is 0 Å². The van der Waals surface area contributed by atoms with Crippen molar-refractivity contribution < 1.29 is 9.53 Å². The molecule has 2 rings (SSSR count). The summed E-state index contributed by atoms with van der Waals surface area (Å²) in [5.41, 5.74) is 3.58. The van der Waals surface area contributed by atoms with Crippen LogP contribution >= 0.6 is 0 Å². The lowest BCUT2D eigenvalue weighted by molar-refractivity contribution is -0.123. The predicted molar refractivity (Wildman–Crippen MR) is 97.3 cm³/mol. The Morgan fingerprint density at radius 3 is 2.08 bits per heavy atom. The highest BCUT2D eigenvalue weighted by Crippen LogP contribution is 2.18. The van der Waals surface area contributed by atoms with Gasteiger partial charge in [-0.25, -0.2) is 0 Å². The van der Waals surface area contributed by atoms with Gasteiger partial charge in [0, 0.05) is 6.54 Å². The predicted octanol–water partition coefficient (Wildman–Crippen LogP) is 3.10. The Hall–Kier alpha value is -2.33. The van der Waals surface area contributed by atoms with Gasteiger partial charge in [-0.05, 0) is 45.6 Å². The molecular weight excluding hydrogens is 300 g/mol. The van der Waals surface area contributed by atoms with Crippen LogP contribution in [0.2, 0.25) is 0 Å². The number of nitrogens with one attached hydrogen (secondary N) is 1. The first-order valence-corrected chi connectivity index (χ1v) is 8.15. The van der Waals surface area contributed by atoms with Crippen LogP contribution in [0.4, 0.5) is 0 Å². The summed E-state index contributed by atoms with van der Waals surface area (Å²) in [6, 6.07) is 16.2. The minimum atomic E-state index is -0.116. The minimum absolute atomic E-state index is 0.0249. The standard InChI is InChI=1S/C20H26N2O2/c1-15-5-9-17(10-6-15)19(22(3)4)13-21-20(23)14-24-18-11-7-16(2)8-12-18/h5-12,19H,13-14H2,1-4H3,(H,21,23)/t19-/m1/s1. The van der Waals surface area contributed by atoms with E-state index in [0.29, 0.717) is 12.3 Å². The summed E-state index contributed by atoms with van der Waals surface area (Å²) in [6.07, 6.45) is 0. The summed E-state index contributed by atoms with van der Waals surface area (Å²) in [4.78, 5) is 14.1. The van der Waals surface area contributed by atoms with Crippen molar-refractivity contribution in [3.05, 3.63) is 65.2 Å². The van der Waals surface area contributed by atoms with Crippen LogP contribution in [0.5, 0.6) is 5.75 Å². The topological polar surface area (TPSA) is 41.6 Å². The lowest BCUT2D eigenvalue weighted by atomic mass is 10.0. The summed E-state index contributed by atoms with van der Waals surface area (Å²) in [5, 5.41) is 2.95. The molecule has 0 aliphatic rings. The Labute approximate surface area is 144 Å². The second kappa shape index (κ2) is 8.50.